The van der Waals surface area contributed by atoms with E-state index in [1.165, 1.54) is 24.3 Å². The van der Waals surface area contributed by atoms with Gasteiger partial charge in [-0.3, -0.25) is 9.11 Å². The van der Waals surface area contributed by atoms with Crippen LogP contribution in [-0.2, 0) is 26.2 Å². The highest BCUT2D eigenvalue weighted by Gasteiger charge is 2.45. The Morgan fingerprint density at radius 3 is 1.20 bits per heavy atom. The van der Waals surface area contributed by atoms with E-state index >= 15 is 0 Å². The van der Waals surface area contributed by atoms with Gasteiger partial charge in [-0.15, -0.1) is 0 Å². The van der Waals surface area contributed by atoms with E-state index in [1.807, 2.05) is 48.5 Å². The average Bonchev–Trinajstić information content (AvgIpc) is 3.10. The summed E-state index contributed by atoms with van der Waals surface area (Å²) in [5.41, 5.74) is 4.67. The van der Waals surface area contributed by atoms with Crippen molar-refractivity contribution in [2.24, 2.45) is 0 Å². The van der Waals surface area contributed by atoms with Crippen molar-refractivity contribution >= 4 is 20.8 Å². The molecule has 10 heteroatoms. The fraction of sp³-hybridized carbons (Fsp3) is 0.0400. The number of hydrogen-bond acceptors (Lipinski definition) is 6. The predicted molar refractivity (Wildman–Crippen MR) is 128 cm³/mol. The van der Waals surface area contributed by atoms with E-state index in [2.05, 4.69) is 8.37 Å². The van der Waals surface area contributed by atoms with Crippen molar-refractivity contribution < 1.29 is 34.3 Å². The molecule has 1 aliphatic carbocycles. The smallest absolute Gasteiger partial charge is 0.362 e. The molecule has 0 bridgehead atoms. The van der Waals surface area contributed by atoms with E-state index in [0.717, 1.165) is 33.4 Å². The van der Waals surface area contributed by atoms with E-state index in [1.54, 1.807) is 24.3 Å². The van der Waals surface area contributed by atoms with E-state index in [-0.39, 0.29) is 11.5 Å². The fourth-order valence-electron chi connectivity index (χ4n) is 4.79. The van der Waals surface area contributed by atoms with Crippen molar-refractivity contribution in [3.05, 3.63) is 119 Å². The van der Waals surface area contributed by atoms with Crippen molar-refractivity contribution in [3.63, 3.8) is 0 Å². The van der Waals surface area contributed by atoms with Gasteiger partial charge in [0.2, 0.25) is 0 Å². The Morgan fingerprint density at radius 1 is 0.514 bits per heavy atom. The van der Waals surface area contributed by atoms with Crippen molar-refractivity contribution in [2.75, 3.05) is 0 Å². The second kappa shape index (κ2) is 8.21. The zero-order valence-corrected chi connectivity index (χ0v) is 19.5. The van der Waals surface area contributed by atoms with Crippen LogP contribution < -0.4 is 8.37 Å². The number of fused-ring (bicyclic) bond motifs is 3. The normalized spacial score (nSPS) is 14.1. The molecule has 0 amide bonds. The zero-order valence-electron chi connectivity index (χ0n) is 17.9. The van der Waals surface area contributed by atoms with Gasteiger partial charge in [0.05, 0.1) is 5.41 Å². The third-order valence-electron chi connectivity index (χ3n) is 5.93. The third kappa shape index (κ3) is 4.17. The highest BCUT2D eigenvalue weighted by atomic mass is 32.3. The van der Waals surface area contributed by atoms with Gasteiger partial charge in [-0.1, -0.05) is 72.8 Å². The fourth-order valence-corrected chi connectivity index (χ4v) is 5.50. The van der Waals surface area contributed by atoms with Gasteiger partial charge in [-0.25, -0.2) is 0 Å². The molecule has 0 unspecified atom stereocenters. The van der Waals surface area contributed by atoms with Gasteiger partial charge in [0.25, 0.3) is 0 Å². The summed E-state index contributed by atoms with van der Waals surface area (Å²) in [4.78, 5) is 0. The summed E-state index contributed by atoms with van der Waals surface area (Å²) in [5, 5.41) is 0. The summed E-state index contributed by atoms with van der Waals surface area (Å²) < 4.78 is 71.8. The van der Waals surface area contributed by atoms with E-state index < -0.39 is 26.2 Å². The monoisotopic (exact) mass is 510 g/mol. The second-order valence-electron chi connectivity index (χ2n) is 7.91. The minimum Gasteiger partial charge on any atom is -0.362 e. The Bertz CT molecular complexity index is 1500. The molecule has 35 heavy (non-hydrogen) atoms. The largest absolute Gasteiger partial charge is 0.446 e. The van der Waals surface area contributed by atoms with Crippen LogP contribution in [0.25, 0.3) is 11.1 Å². The molecule has 178 valence electrons. The molecule has 0 heterocycles. The third-order valence-corrected chi connectivity index (χ3v) is 6.74. The highest BCUT2D eigenvalue weighted by Crippen LogP contribution is 2.56. The lowest BCUT2D eigenvalue weighted by molar-refractivity contribution is 0.384. The molecule has 0 aromatic heterocycles. The second-order valence-corrected chi connectivity index (χ2v) is 9.96. The lowest BCUT2D eigenvalue weighted by Gasteiger charge is -2.34. The van der Waals surface area contributed by atoms with Crippen LogP contribution in [0.5, 0.6) is 11.5 Å². The van der Waals surface area contributed by atoms with Gasteiger partial charge < -0.3 is 8.37 Å². The maximum Gasteiger partial charge on any atom is 0.446 e. The Hall–Kier alpha value is -3.70. The maximum absolute atomic E-state index is 11.1. The number of rotatable bonds is 6. The molecule has 5 rings (SSSR count). The summed E-state index contributed by atoms with van der Waals surface area (Å²) in [7, 11) is -9.35. The van der Waals surface area contributed by atoms with Gasteiger partial charge in [0.15, 0.2) is 0 Å². The molecule has 4 aromatic rings. The molecule has 8 nitrogen and oxygen atoms in total. The number of benzene rings is 4. The molecule has 0 fully saturated rings. The first-order valence-electron chi connectivity index (χ1n) is 10.3. The van der Waals surface area contributed by atoms with Gasteiger partial charge >= 0.3 is 20.8 Å². The minimum atomic E-state index is -4.68. The average molecular weight is 511 g/mol. The van der Waals surface area contributed by atoms with Crippen molar-refractivity contribution in [3.8, 4) is 22.6 Å². The molecule has 0 saturated carbocycles. The van der Waals surface area contributed by atoms with E-state index in [0.29, 0.717) is 0 Å². The Morgan fingerprint density at radius 2 is 0.857 bits per heavy atom. The van der Waals surface area contributed by atoms with Crippen LogP contribution in [0.3, 0.4) is 0 Å². The SMILES string of the molecule is O=S(=O)(O)Oc1ccc(C2(c3ccc(OS(=O)(=O)O)cc3)c3ccccc3-c3ccccc32)cc1. The van der Waals surface area contributed by atoms with Crippen molar-refractivity contribution in [2.45, 2.75) is 5.41 Å². The summed E-state index contributed by atoms with van der Waals surface area (Å²) in [6, 6.07) is 28.4. The van der Waals surface area contributed by atoms with E-state index in [4.69, 9.17) is 9.11 Å². The molecular weight excluding hydrogens is 492 g/mol. The first-order valence-corrected chi connectivity index (χ1v) is 13.1. The summed E-state index contributed by atoms with van der Waals surface area (Å²) in [5.74, 6) is -0.106. The maximum atomic E-state index is 11.1. The lowest BCUT2D eigenvalue weighted by Crippen LogP contribution is -2.28. The minimum absolute atomic E-state index is 0.0529. The molecule has 0 spiro atoms. The lowest BCUT2D eigenvalue weighted by atomic mass is 9.68. The molecule has 1 aliphatic rings. The molecule has 0 saturated heterocycles. The number of hydrogen-bond donors (Lipinski definition) is 2. The quantitative estimate of drug-likeness (QED) is 0.322. The summed E-state index contributed by atoms with van der Waals surface area (Å²) in [6.07, 6.45) is 0. The summed E-state index contributed by atoms with van der Waals surface area (Å²) in [6.45, 7) is 0. The predicted octanol–water partition coefficient (Wildman–Crippen LogP) is 4.41. The standard InChI is InChI=1S/C25H18O8S2/c26-34(27,28)32-19-13-9-17(10-14-19)25(18-11-15-20(16-12-18)33-35(29,30)31)23-7-3-1-5-21(23)22-6-2-4-8-24(22)25/h1-16H,(H,26,27,28)(H,29,30,31). The molecular formula is C25H18O8S2. The molecule has 4 aromatic carbocycles. The Balaban J connectivity index is 1.76. The van der Waals surface area contributed by atoms with Gasteiger partial charge in [0, 0.05) is 0 Å². The van der Waals surface area contributed by atoms with E-state index in [9.17, 15) is 16.8 Å². The highest BCUT2D eigenvalue weighted by molar-refractivity contribution is 7.81. The molecule has 0 aliphatic heterocycles. The zero-order chi connectivity index (χ0) is 24.8. The Labute approximate surface area is 202 Å². The first-order chi connectivity index (χ1) is 16.6. The van der Waals surface area contributed by atoms with Crippen LogP contribution in [0.4, 0.5) is 0 Å². The van der Waals surface area contributed by atoms with Crippen LogP contribution in [-0.4, -0.2) is 25.9 Å². The van der Waals surface area contributed by atoms with Gasteiger partial charge in [0.1, 0.15) is 11.5 Å². The van der Waals surface area contributed by atoms with Gasteiger partial charge in [-0.2, -0.15) is 16.8 Å². The summed E-state index contributed by atoms with van der Waals surface area (Å²) >= 11 is 0. The Kier molecular flexibility index (Phi) is 5.41. The first kappa shape index (κ1) is 23.1. The van der Waals surface area contributed by atoms with Crippen molar-refractivity contribution in [1.82, 2.24) is 0 Å². The van der Waals surface area contributed by atoms with Crippen LogP contribution in [0.1, 0.15) is 22.3 Å². The molecule has 0 atom stereocenters. The van der Waals surface area contributed by atoms with Crippen molar-refractivity contribution in [1.29, 1.82) is 0 Å². The van der Waals surface area contributed by atoms with Crippen LogP contribution >= 0.6 is 0 Å². The molecule has 2 N–H and O–H groups in total. The topological polar surface area (TPSA) is 127 Å². The van der Waals surface area contributed by atoms with Crippen LogP contribution in [0.2, 0.25) is 0 Å². The van der Waals surface area contributed by atoms with Gasteiger partial charge in [-0.05, 0) is 57.6 Å². The van der Waals surface area contributed by atoms with Crippen LogP contribution in [0.15, 0.2) is 97.1 Å². The molecule has 0 radical (unpaired) electrons. The van der Waals surface area contributed by atoms with Crippen LogP contribution in [0, 0.1) is 0 Å².